The van der Waals surface area contributed by atoms with Gasteiger partial charge in [0.25, 0.3) is 0 Å². The summed E-state index contributed by atoms with van der Waals surface area (Å²) in [6, 6.07) is 7.88. The second kappa shape index (κ2) is 5.19. The number of benzene rings is 1. The molecule has 1 heterocycles. The lowest BCUT2D eigenvalue weighted by molar-refractivity contribution is 0.161. The maximum absolute atomic E-state index is 7.35. The van der Waals surface area contributed by atoms with E-state index >= 15 is 0 Å². The zero-order chi connectivity index (χ0) is 12.3. The number of amidine groups is 1. The molecule has 0 saturated carbocycles. The molecule has 0 bridgehead atoms. The van der Waals surface area contributed by atoms with Crippen molar-refractivity contribution in [2.24, 2.45) is 11.7 Å². The summed E-state index contributed by atoms with van der Waals surface area (Å²) in [5, 5.41) is 7.35. The molecule has 1 aliphatic heterocycles. The molecule has 4 heteroatoms. The Labute approximate surface area is 102 Å². The SMILES string of the molecule is COCC1CCN(c2ccc(C(=N)N)cc2)C1. The number of nitrogens with zero attached hydrogens (tertiary/aromatic N) is 1. The summed E-state index contributed by atoms with van der Waals surface area (Å²) < 4.78 is 5.19. The van der Waals surface area contributed by atoms with Crippen LogP contribution in [0.25, 0.3) is 0 Å². The van der Waals surface area contributed by atoms with E-state index in [0.29, 0.717) is 5.92 Å². The standard InChI is InChI=1S/C13H19N3O/c1-17-9-10-6-7-16(8-10)12-4-2-11(3-5-12)13(14)15/h2-5,10H,6-9H2,1H3,(H3,14,15). The van der Waals surface area contributed by atoms with Crippen molar-refractivity contribution in [1.82, 2.24) is 0 Å². The summed E-state index contributed by atoms with van der Waals surface area (Å²) in [6.07, 6.45) is 1.18. The number of nitrogens with one attached hydrogen (secondary N) is 1. The van der Waals surface area contributed by atoms with E-state index in [0.717, 1.165) is 25.3 Å². The van der Waals surface area contributed by atoms with Crippen LogP contribution in [0, 0.1) is 11.3 Å². The van der Waals surface area contributed by atoms with E-state index in [9.17, 15) is 0 Å². The number of rotatable bonds is 4. The van der Waals surface area contributed by atoms with Gasteiger partial charge in [-0.1, -0.05) is 0 Å². The fraction of sp³-hybridized carbons (Fsp3) is 0.462. The number of hydrogen-bond donors (Lipinski definition) is 2. The van der Waals surface area contributed by atoms with Crippen molar-refractivity contribution >= 4 is 11.5 Å². The number of hydrogen-bond acceptors (Lipinski definition) is 3. The van der Waals surface area contributed by atoms with Gasteiger partial charge in [-0.15, -0.1) is 0 Å². The van der Waals surface area contributed by atoms with Crippen LogP contribution < -0.4 is 10.6 Å². The van der Waals surface area contributed by atoms with Gasteiger partial charge in [0.15, 0.2) is 0 Å². The van der Waals surface area contributed by atoms with Crippen LogP contribution in [0.2, 0.25) is 0 Å². The van der Waals surface area contributed by atoms with Crippen LogP contribution in [-0.2, 0) is 4.74 Å². The molecule has 1 atom stereocenters. The normalized spacial score (nSPS) is 19.6. The Hall–Kier alpha value is -1.55. The molecular formula is C13H19N3O. The Morgan fingerprint density at radius 3 is 2.76 bits per heavy atom. The number of ether oxygens (including phenoxy) is 1. The Bertz CT molecular complexity index is 388. The van der Waals surface area contributed by atoms with Crippen molar-refractivity contribution < 1.29 is 4.74 Å². The molecule has 3 N–H and O–H groups in total. The van der Waals surface area contributed by atoms with Crippen molar-refractivity contribution in [2.75, 3.05) is 31.7 Å². The highest BCUT2D eigenvalue weighted by molar-refractivity contribution is 5.95. The summed E-state index contributed by atoms with van der Waals surface area (Å²) >= 11 is 0. The summed E-state index contributed by atoms with van der Waals surface area (Å²) in [6.45, 7) is 2.96. The molecule has 1 fully saturated rings. The summed E-state index contributed by atoms with van der Waals surface area (Å²) in [5.41, 5.74) is 7.41. The number of methoxy groups -OCH3 is 1. The molecule has 17 heavy (non-hydrogen) atoms. The van der Waals surface area contributed by atoms with Gasteiger partial charge in [-0.05, 0) is 30.7 Å². The van der Waals surface area contributed by atoms with Crippen LogP contribution in [0.1, 0.15) is 12.0 Å². The zero-order valence-corrected chi connectivity index (χ0v) is 10.1. The molecule has 2 rings (SSSR count). The minimum Gasteiger partial charge on any atom is -0.384 e. The lowest BCUT2D eigenvalue weighted by Gasteiger charge is -2.18. The molecule has 1 unspecified atom stereocenters. The third-order valence-electron chi connectivity index (χ3n) is 3.23. The Kier molecular flexibility index (Phi) is 3.64. The zero-order valence-electron chi connectivity index (χ0n) is 10.1. The van der Waals surface area contributed by atoms with Gasteiger partial charge in [-0.25, -0.2) is 0 Å². The third-order valence-corrected chi connectivity index (χ3v) is 3.23. The van der Waals surface area contributed by atoms with Crippen LogP contribution in [0.15, 0.2) is 24.3 Å². The molecule has 1 aromatic carbocycles. The number of anilines is 1. The third kappa shape index (κ3) is 2.77. The first-order chi connectivity index (χ1) is 8.20. The van der Waals surface area contributed by atoms with Crippen LogP contribution in [0.5, 0.6) is 0 Å². The minimum atomic E-state index is 0.121. The highest BCUT2D eigenvalue weighted by Crippen LogP contribution is 2.24. The molecule has 1 aromatic rings. The fourth-order valence-electron chi connectivity index (χ4n) is 2.29. The summed E-state index contributed by atoms with van der Waals surface area (Å²) in [4.78, 5) is 2.35. The first-order valence-electron chi connectivity index (χ1n) is 5.89. The average molecular weight is 233 g/mol. The average Bonchev–Trinajstić information content (AvgIpc) is 2.78. The van der Waals surface area contributed by atoms with Crippen LogP contribution in [-0.4, -0.2) is 32.6 Å². The predicted octanol–water partition coefficient (Wildman–Crippen LogP) is 1.44. The predicted molar refractivity (Wildman–Crippen MR) is 69.7 cm³/mol. The van der Waals surface area contributed by atoms with Gasteiger partial charge in [0.1, 0.15) is 5.84 Å². The first-order valence-corrected chi connectivity index (χ1v) is 5.89. The second-order valence-electron chi connectivity index (χ2n) is 4.52. The van der Waals surface area contributed by atoms with Gasteiger partial charge in [0, 0.05) is 37.4 Å². The molecule has 0 spiro atoms. The lowest BCUT2D eigenvalue weighted by Crippen LogP contribution is -2.21. The molecule has 4 nitrogen and oxygen atoms in total. The molecule has 0 aliphatic carbocycles. The topological polar surface area (TPSA) is 62.3 Å². The van der Waals surface area contributed by atoms with E-state index in [-0.39, 0.29) is 5.84 Å². The van der Waals surface area contributed by atoms with E-state index < -0.39 is 0 Å². The molecule has 1 saturated heterocycles. The first kappa shape index (κ1) is 11.9. The monoisotopic (exact) mass is 233 g/mol. The molecule has 1 aliphatic rings. The van der Waals surface area contributed by atoms with Gasteiger partial charge in [-0.3, -0.25) is 5.41 Å². The smallest absolute Gasteiger partial charge is 0.122 e. The highest BCUT2D eigenvalue weighted by atomic mass is 16.5. The van der Waals surface area contributed by atoms with Crippen LogP contribution in [0.3, 0.4) is 0 Å². The van der Waals surface area contributed by atoms with Gasteiger partial charge >= 0.3 is 0 Å². The maximum Gasteiger partial charge on any atom is 0.122 e. The fourth-order valence-corrected chi connectivity index (χ4v) is 2.29. The summed E-state index contributed by atoms with van der Waals surface area (Å²) in [7, 11) is 1.75. The van der Waals surface area contributed by atoms with Gasteiger partial charge in [0.2, 0.25) is 0 Å². The van der Waals surface area contributed by atoms with E-state index in [1.807, 2.05) is 24.3 Å². The van der Waals surface area contributed by atoms with Crippen molar-refractivity contribution in [3.8, 4) is 0 Å². The Morgan fingerprint density at radius 2 is 2.18 bits per heavy atom. The molecule has 0 aromatic heterocycles. The van der Waals surface area contributed by atoms with Crippen molar-refractivity contribution in [3.05, 3.63) is 29.8 Å². The van der Waals surface area contributed by atoms with Gasteiger partial charge < -0.3 is 15.4 Å². The molecule has 0 amide bonds. The summed E-state index contributed by atoms with van der Waals surface area (Å²) in [5.74, 6) is 0.753. The minimum absolute atomic E-state index is 0.121. The number of nitrogens with two attached hydrogens (primary N) is 1. The maximum atomic E-state index is 7.35. The van der Waals surface area contributed by atoms with Crippen molar-refractivity contribution in [3.63, 3.8) is 0 Å². The number of nitrogen functional groups attached to an aromatic ring is 1. The van der Waals surface area contributed by atoms with Gasteiger partial charge in [0.05, 0.1) is 6.61 Å². The lowest BCUT2D eigenvalue weighted by atomic mass is 10.1. The van der Waals surface area contributed by atoms with E-state index in [4.69, 9.17) is 15.9 Å². The largest absolute Gasteiger partial charge is 0.384 e. The van der Waals surface area contributed by atoms with Crippen LogP contribution in [0.4, 0.5) is 5.69 Å². The highest BCUT2D eigenvalue weighted by Gasteiger charge is 2.22. The molecule has 92 valence electrons. The molecular weight excluding hydrogens is 214 g/mol. The van der Waals surface area contributed by atoms with Crippen molar-refractivity contribution in [2.45, 2.75) is 6.42 Å². The quantitative estimate of drug-likeness (QED) is 0.611. The Morgan fingerprint density at radius 1 is 1.47 bits per heavy atom. The van der Waals surface area contributed by atoms with Crippen molar-refractivity contribution in [1.29, 1.82) is 5.41 Å². The Balaban J connectivity index is 2.01. The van der Waals surface area contributed by atoms with E-state index in [2.05, 4.69) is 4.90 Å². The second-order valence-corrected chi connectivity index (χ2v) is 4.52. The van der Waals surface area contributed by atoms with Gasteiger partial charge in [-0.2, -0.15) is 0 Å². The molecule has 0 radical (unpaired) electrons. The van der Waals surface area contributed by atoms with Crippen LogP contribution >= 0.6 is 0 Å². The van der Waals surface area contributed by atoms with E-state index in [1.165, 1.54) is 12.1 Å². The van der Waals surface area contributed by atoms with E-state index in [1.54, 1.807) is 7.11 Å².